The van der Waals surface area contributed by atoms with Crippen LogP contribution in [0.25, 0.3) is 5.65 Å². The standard InChI is InChI=1S/C18H16ClN5O2/c1-10-14(11(2)25)8-21-17-6-16(22-24(10)17)18(26)23-4-3-15-12(9-23)5-13(19)7-20-15/h5-8H,3-4,9H2,1-2H3. The van der Waals surface area contributed by atoms with Crippen molar-refractivity contribution in [2.24, 2.45) is 0 Å². The van der Waals surface area contributed by atoms with Crippen LogP contribution in [0.3, 0.4) is 0 Å². The maximum Gasteiger partial charge on any atom is 0.274 e. The van der Waals surface area contributed by atoms with Gasteiger partial charge in [-0.05, 0) is 25.5 Å². The van der Waals surface area contributed by atoms with Crippen molar-refractivity contribution in [1.82, 2.24) is 24.5 Å². The van der Waals surface area contributed by atoms with Gasteiger partial charge in [0.15, 0.2) is 17.1 Å². The Morgan fingerprint density at radius 1 is 1.19 bits per heavy atom. The van der Waals surface area contributed by atoms with Crippen LogP contribution in [-0.2, 0) is 13.0 Å². The Hall–Kier alpha value is -2.80. The van der Waals surface area contributed by atoms with Crippen molar-refractivity contribution in [3.63, 3.8) is 0 Å². The summed E-state index contributed by atoms with van der Waals surface area (Å²) in [6.07, 6.45) is 3.83. The summed E-state index contributed by atoms with van der Waals surface area (Å²) in [5.74, 6) is -0.262. The first-order chi connectivity index (χ1) is 12.4. The molecule has 0 atom stereocenters. The van der Waals surface area contributed by atoms with Crippen LogP contribution in [0.15, 0.2) is 24.5 Å². The zero-order valence-electron chi connectivity index (χ0n) is 14.4. The molecule has 0 fully saturated rings. The molecule has 4 rings (SSSR count). The zero-order chi connectivity index (χ0) is 18.4. The van der Waals surface area contributed by atoms with E-state index in [1.54, 1.807) is 28.6 Å². The summed E-state index contributed by atoms with van der Waals surface area (Å²) in [5, 5.41) is 4.93. The van der Waals surface area contributed by atoms with Crippen LogP contribution in [0.2, 0.25) is 5.02 Å². The zero-order valence-corrected chi connectivity index (χ0v) is 15.1. The summed E-state index contributed by atoms with van der Waals surface area (Å²) in [7, 11) is 0. The Morgan fingerprint density at radius 3 is 2.77 bits per heavy atom. The van der Waals surface area contributed by atoms with Crippen molar-refractivity contribution >= 4 is 28.9 Å². The fraction of sp³-hybridized carbons (Fsp3) is 0.278. The van der Waals surface area contributed by atoms with Crippen molar-refractivity contribution < 1.29 is 9.59 Å². The van der Waals surface area contributed by atoms with E-state index in [1.807, 2.05) is 6.07 Å². The number of amides is 1. The summed E-state index contributed by atoms with van der Waals surface area (Å²) in [5.41, 5.74) is 3.93. The van der Waals surface area contributed by atoms with Crippen LogP contribution in [0.1, 0.15) is 44.7 Å². The number of hydrogen-bond donors (Lipinski definition) is 0. The average molecular weight is 370 g/mol. The molecule has 0 saturated heterocycles. The summed E-state index contributed by atoms with van der Waals surface area (Å²) < 4.78 is 1.54. The summed E-state index contributed by atoms with van der Waals surface area (Å²) >= 11 is 6.01. The number of carbonyl (C=O) groups is 2. The number of pyridine rings is 1. The molecule has 0 radical (unpaired) electrons. The van der Waals surface area contributed by atoms with Crippen LogP contribution in [0.4, 0.5) is 0 Å². The minimum absolute atomic E-state index is 0.0858. The van der Waals surface area contributed by atoms with Crippen LogP contribution in [-0.4, -0.2) is 42.7 Å². The number of aromatic nitrogens is 4. The van der Waals surface area contributed by atoms with Gasteiger partial charge in [0.1, 0.15) is 0 Å². The molecule has 0 aliphatic carbocycles. The van der Waals surface area contributed by atoms with Crippen LogP contribution in [0.5, 0.6) is 0 Å². The quantitative estimate of drug-likeness (QED) is 0.648. The number of halogens is 1. The molecule has 0 saturated carbocycles. The average Bonchev–Trinajstić information content (AvgIpc) is 3.05. The van der Waals surface area contributed by atoms with Gasteiger partial charge < -0.3 is 4.90 Å². The molecule has 0 unspecified atom stereocenters. The predicted octanol–water partition coefficient (Wildman–Crippen LogP) is 2.49. The lowest BCUT2D eigenvalue weighted by molar-refractivity contribution is 0.0727. The molecule has 3 aromatic rings. The van der Waals surface area contributed by atoms with Crippen LogP contribution < -0.4 is 0 Å². The van der Waals surface area contributed by atoms with E-state index < -0.39 is 0 Å². The monoisotopic (exact) mass is 369 g/mol. The highest BCUT2D eigenvalue weighted by Gasteiger charge is 2.25. The van der Waals surface area contributed by atoms with Crippen LogP contribution in [0, 0.1) is 6.92 Å². The number of Topliss-reactive ketones (excluding diaryl/α,β-unsaturated/α-hetero) is 1. The van der Waals surface area contributed by atoms with Gasteiger partial charge in [-0.25, -0.2) is 9.50 Å². The molecule has 3 aromatic heterocycles. The molecular formula is C18H16ClN5O2. The molecule has 0 spiro atoms. The largest absolute Gasteiger partial charge is 0.332 e. The third-order valence-electron chi connectivity index (χ3n) is 4.62. The van der Waals surface area contributed by atoms with Gasteiger partial charge in [0, 0.05) is 43.7 Å². The molecule has 26 heavy (non-hydrogen) atoms. The molecular weight excluding hydrogens is 354 g/mol. The number of fused-ring (bicyclic) bond motifs is 2. The fourth-order valence-corrected chi connectivity index (χ4v) is 3.41. The fourth-order valence-electron chi connectivity index (χ4n) is 3.23. The first kappa shape index (κ1) is 16.7. The lowest BCUT2D eigenvalue weighted by Gasteiger charge is -2.27. The highest BCUT2D eigenvalue weighted by atomic mass is 35.5. The van der Waals surface area contributed by atoms with Gasteiger partial charge in [-0.15, -0.1) is 0 Å². The van der Waals surface area contributed by atoms with Crippen LogP contribution >= 0.6 is 11.6 Å². The molecule has 1 aliphatic rings. The van der Waals surface area contributed by atoms with Gasteiger partial charge in [0.25, 0.3) is 5.91 Å². The van der Waals surface area contributed by atoms with E-state index in [-0.39, 0.29) is 11.7 Å². The minimum Gasteiger partial charge on any atom is -0.332 e. The lowest BCUT2D eigenvalue weighted by Crippen LogP contribution is -2.36. The summed E-state index contributed by atoms with van der Waals surface area (Å²) in [6, 6.07) is 3.49. The highest BCUT2D eigenvalue weighted by molar-refractivity contribution is 6.30. The Bertz CT molecular complexity index is 1060. The van der Waals surface area contributed by atoms with E-state index in [9.17, 15) is 9.59 Å². The predicted molar refractivity (Wildman–Crippen MR) is 95.4 cm³/mol. The Balaban J connectivity index is 1.66. The smallest absolute Gasteiger partial charge is 0.274 e. The van der Waals surface area contributed by atoms with E-state index in [1.165, 1.54) is 13.1 Å². The molecule has 0 N–H and O–H groups in total. The van der Waals surface area contributed by atoms with Crippen molar-refractivity contribution in [3.05, 3.63) is 57.8 Å². The third kappa shape index (κ3) is 2.74. The Kier molecular flexibility index (Phi) is 3.96. The topological polar surface area (TPSA) is 80.5 Å². The van der Waals surface area contributed by atoms with Crippen molar-refractivity contribution in [2.45, 2.75) is 26.8 Å². The first-order valence-corrected chi connectivity index (χ1v) is 8.60. The number of aryl methyl sites for hydroxylation is 1. The Labute approximate surface area is 154 Å². The maximum atomic E-state index is 12.9. The summed E-state index contributed by atoms with van der Waals surface area (Å²) in [4.78, 5) is 34.9. The molecule has 132 valence electrons. The molecule has 7 nitrogen and oxygen atoms in total. The van der Waals surface area contributed by atoms with E-state index in [0.717, 1.165) is 11.3 Å². The third-order valence-corrected chi connectivity index (χ3v) is 4.82. The van der Waals surface area contributed by atoms with Gasteiger partial charge in [0.05, 0.1) is 16.3 Å². The van der Waals surface area contributed by atoms with Gasteiger partial charge in [0.2, 0.25) is 0 Å². The normalized spacial score (nSPS) is 13.7. The number of ketones is 1. The molecule has 8 heteroatoms. The number of carbonyl (C=O) groups excluding carboxylic acids is 2. The number of rotatable bonds is 2. The number of hydrogen-bond acceptors (Lipinski definition) is 5. The van der Waals surface area contributed by atoms with Gasteiger partial charge in [-0.1, -0.05) is 11.6 Å². The van der Waals surface area contributed by atoms with Crippen molar-refractivity contribution in [1.29, 1.82) is 0 Å². The molecule has 1 amide bonds. The Morgan fingerprint density at radius 2 is 2.00 bits per heavy atom. The lowest BCUT2D eigenvalue weighted by atomic mass is 10.1. The number of nitrogens with zero attached hydrogens (tertiary/aromatic N) is 5. The van der Waals surface area contributed by atoms with Gasteiger partial charge >= 0.3 is 0 Å². The van der Waals surface area contributed by atoms with E-state index in [0.29, 0.717) is 47.1 Å². The minimum atomic E-state index is -0.176. The molecule has 0 aromatic carbocycles. The van der Waals surface area contributed by atoms with E-state index >= 15 is 0 Å². The second-order valence-corrected chi connectivity index (χ2v) is 6.79. The van der Waals surface area contributed by atoms with E-state index in [2.05, 4.69) is 15.1 Å². The first-order valence-electron chi connectivity index (χ1n) is 8.23. The van der Waals surface area contributed by atoms with Gasteiger partial charge in [-0.2, -0.15) is 5.10 Å². The van der Waals surface area contributed by atoms with Gasteiger partial charge in [-0.3, -0.25) is 14.6 Å². The SMILES string of the molecule is CC(=O)c1cnc2cc(C(=O)N3CCc4ncc(Cl)cc4C3)nn2c1C. The molecule has 0 bridgehead atoms. The maximum absolute atomic E-state index is 12.9. The summed E-state index contributed by atoms with van der Waals surface area (Å²) in [6.45, 7) is 4.29. The highest BCUT2D eigenvalue weighted by Crippen LogP contribution is 2.22. The molecule has 4 heterocycles. The van der Waals surface area contributed by atoms with E-state index in [4.69, 9.17) is 11.6 Å². The molecule has 1 aliphatic heterocycles. The van der Waals surface area contributed by atoms with Crippen molar-refractivity contribution in [3.8, 4) is 0 Å². The second kappa shape index (κ2) is 6.17. The second-order valence-electron chi connectivity index (χ2n) is 6.35. The van der Waals surface area contributed by atoms with Crippen molar-refractivity contribution in [2.75, 3.05) is 6.54 Å².